The van der Waals surface area contributed by atoms with Gasteiger partial charge in [-0.3, -0.25) is 0 Å². The van der Waals surface area contributed by atoms with Gasteiger partial charge in [0.2, 0.25) is 5.79 Å². The van der Waals surface area contributed by atoms with E-state index in [0.717, 1.165) is 25.7 Å². The van der Waals surface area contributed by atoms with Crippen molar-refractivity contribution in [1.82, 2.24) is 0 Å². The molecule has 2 saturated heterocycles. The summed E-state index contributed by atoms with van der Waals surface area (Å²) in [5, 5.41) is 70.5. The number of aliphatic hydroxyl groups excluding tert-OH is 7. The van der Waals surface area contributed by atoms with E-state index in [0.29, 0.717) is 6.61 Å². The van der Waals surface area contributed by atoms with Crippen molar-refractivity contribution in [3.63, 3.8) is 0 Å². The van der Waals surface area contributed by atoms with Crippen LogP contribution in [0.1, 0.15) is 96.8 Å². The highest BCUT2D eigenvalue weighted by molar-refractivity contribution is 4.98. The molecule has 0 aromatic heterocycles. The summed E-state index contributed by atoms with van der Waals surface area (Å²) in [6, 6.07) is 0. The molecule has 7 N–H and O–H groups in total. The van der Waals surface area contributed by atoms with Gasteiger partial charge in [-0.15, -0.1) is 0 Å². The maximum atomic E-state index is 10.4. The van der Waals surface area contributed by atoms with Crippen LogP contribution in [0.2, 0.25) is 0 Å². The van der Waals surface area contributed by atoms with Crippen molar-refractivity contribution in [2.75, 3.05) is 26.4 Å². The molecule has 0 bridgehead atoms. The second-order valence-electron chi connectivity index (χ2n) is 11.4. The smallest absolute Gasteiger partial charge is 0.224 e. The van der Waals surface area contributed by atoms with Crippen LogP contribution in [0.4, 0.5) is 0 Å². The van der Waals surface area contributed by atoms with Crippen molar-refractivity contribution in [3.8, 4) is 0 Å². The van der Waals surface area contributed by atoms with Gasteiger partial charge in [0.15, 0.2) is 6.29 Å². The van der Waals surface area contributed by atoms with E-state index in [9.17, 15) is 35.7 Å². The van der Waals surface area contributed by atoms with E-state index in [2.05, 4.69) is 19.1 Å². The van der Waals surface area contributed by atoms with Gasteiger partial charge in [0.05, 0.1) is 13.2 Å². The van der Waals surface area contributed by atoms with Crippen molar-refractivity contribution in [2.24, 2.45) is 0 Å². The molecule has 11 nitrogen and oxygen atoms in total. The Bertz CT molecular complexity index is 695. The summed E-state index contributed by atoms with van der Waals surface area (Å²) in [5.41, 5.74) is 0. The van der Waals surface area contributed by atoms with Gasteiger partial charge < -0.3 is 54.7 Å². The Kier molecular flexibility index (Phi) is 18.1. The summed E-state index contributed by atoms with van der Waals surface area (Å²) in [5.74, 6) is -2.20. The lowest BCUT2D eigenvalue weighted by Crippen LogP contribution is -2.62. The quantitative estimate of drug-likeness (QED) is 0.0718. The van der Waals surface area contributed by atoms with Gasteiger partial charge in [-0.05, 0) is 32.1 Å². The molecule has 0 unspecified atom stereocenters. The van der Waals surface area contributed by atoms with Gasteiger partial charge in [-0.1, -0.05) is 76.9 Å². The molecule has 0 aromatic rings. The molecule has 2 aliphatic heterocycles. The zero-order chi connectivity index (χ0) is 30.1. The van der Waals surface area contributed by atoms with Gasteiger partial charge in [0.25, 0.3) is 0 Å². The van der Waals surface area contributed by atoms with Gasteiger partial charge in [0.1, 0.15) is 49.3 Å². The van der Waals surface area contributed by atoms with E-state index in [-0.39, 0.29) is 6.61 Å². The van der Waals surface area contributed by atoms with Gasteiger partial charge in [0, 0.05) is 6.61 Å². The third kappa shape index (κ3) is 11.7. The standard InChI is InChI=1S/C30H56O11/c1-2-3-4-5-6-7-8-9-10-11-12-13-14-15-16-17-18-38-20-23-24(33)26(35)27(36)29(39-23)41-30(21-32)28(37)25(34)22(19-31)40-30/h9-10,22-29,31-37H,2-8,11-21H2,1H3/b10-9-/t22-,23-,24-,25-,26+,27-,28+,29-,30+/m1/s1. The Balaban J connectivity index is 1.58. The number of unbranched alkanes of at least 4 members (excludes halogenated alkanes) is 12. The molecule has 2 aliphatic rings. The Morgan fingerprint density at radius 2 is 1.27 bits per heavy atom. The fourth-order valence-corrected chi connectivity index (χ4v) is 5.27. The van der Waals surface area contributed by atoms with Crippen molar-refractivity contribution in [2.45, 2.75) is 152 Å². The molecule has 2 heterocycles. The van der Waals surface area contributed by atoms with Crippen LogP contribution in [0.15, 0.2) is 12.2 Å². The maximum Gasteiger partial charge on any atom is 0.224 e. The summed E-state index contributed by atoms with van der Waals surface area (Å²) in [6.07, 6.45) is 9.46. The van der Waals surface area contributed by atoms with E-state index in [1.807, 2.05) is 0 Å². The van der Waals surface area contributed by atoms with Crippen LogP contribution in [0.5, 0.6) is 0 Å². The fourth-order valence-electron chi connectivity index (χ4n) is 5.27. The van der Waals surface area contributed by atoms with Crippen LogP contribution in [0, 0.1) is 0 Å². The lowest BCUT2D eigenvalue weighted by Gasteiger charge is -2.43. The Morgan fingerprint density at radius 3 is 1.83 bits per heavy atom. The third-order valence-corrected chi connectivity index (χ3v) is 7.97. The first-order valence-corrected chi connectivity index (χ1v) is 15.7. The lowest BCUT2D eigenvalue weighted by molar-refractivity contribution is -0.384. The molecule has 0 aliphatic carbocycles. The molecule has 0 amide bonds. The van der Waals surface area contributed by atoms with E-state index in [1.54, 1.807) is 0 Å². The van der Waals surface area contributed by atoms with Gasteiger partial charge in [-0.25, -0.2) is 0 Å². The molecular formula is C30H56O11. The molecule has 2 fully saturated rings. The lowest BCUT2D eigenvalue weighted by atomic mass is 9.99. The average molecular weight is 593 g/mol. The van der Waals surface area contributed by atoms with Crippen LogP contribution < -0.4 is 0 Å². The highest BCUT2D eigenvalue weighted by Crippen LogP contribution is 2.36. The number of aliphatic hydroxyl groups is 7. The largest absolute Gasteiger partial charge is 0.394 e. The molecule has 0 radical (unpaired) electrons. The summed E-state index contributed by atoms with van der Waals surface area (Å²) in [7, 11) is 0. The summed E-state index contributed by atoms with van der Waals surface area (Å²) in [6.45, 7) is 1.03. The molecule has 0 spiro atoms. The molecule has 41 heavy (non-hydrogen) atoms. The van der Waals surface area contributed by atoms with Gasteiger partial charge in [-0.2, -0.15) is 0 Å². The van der Waals surface area contributed by atoms with E-state index in [1.165, 1.54) is 64.2 Å². The summed E-state index contributed by atoms with van der Waals surface area (Å²) in [4.78, 5) is 0. The monoisotopic (exact) mass is 592 g/mol. The predicted octanol–water partition coefficient (Wildman–Crippen LogP) is 1.67. The van der Waals surface area contributed by atoms with Crippen LogP contribution in [0.3, 0.4) is 0 Å². The van der Waals surface area contributed by atoms with E-state index < -0.39 is 68.0 Å². The fraction of sp³-hybridized carbons (Fsp3) is 0.933. The first-order valence-electron chi connectivity index (χ1n) is 15.7. The topological polar surface area (TPSA) is 179 Å². The normalized spacial score (nSPS) is 34.1. The van der Waals surface area contributed by atoms with Crippen molar-refractivity contribution in [3.05, 3.63) is 12.2 Å². The van der Waals surface area contributed by atoms with Crippen LogP contribution in [0.25, 0.3) is 0 Å². The minimum absolute atomic E-state index is 0.0761. The van der Waals surface area contributed by atoms with Crippen LogP contribution >= 0.6 is 0 Å². The van der Waals surface area contributed by atoms with E-state index >= 15 is 0 Å². The summed E-state index contributed by atoms with van der Waals surface area (Å²) < 4.78 is 22.1. The molecule has 9 atom stereocenters. The SMILES string of the molecule is CCCCCCCC/C=C\CCCCCCCCOC[C@H]1O[C@H](O[C@]2(CO)O[C@H](CO)[C@@H](O)[C@@H]2O)[C@H](O)[C@@H](O)[C@@H]1O. The average Bonchev–Trinajstić information content (AvgIpc) is 3.22. The highest BCUT2D eigenvalue weighted by atomic mass is 16.8. The zero-order valence-corrected chi connectivity index (χ0v) is 24.8. The Hall–Kier alpha value is -0.700. The molecular weight excluding hydrogens is 536 g/mol. The molecule has 2 rings (SSSR count). The van der Waals surface area contributed by atoms with Gasteiger partial charge >= 0.3 is 0 Å². The first kappa shape index (κ1) is 36.5. The van der Waals surface area contributed by atoms with Crippen molar-refractivity contribution < 1.29 is 54.7 Å². The Labute approximate surface area is 245 Å². The van der Waals surface area contributed by atoms with Crippen molar-refractivity contribution in [1.29, 1.82) is 0 Å². The number of allylic oxidation sites excluding steroid dienone is 2. The molecule has 11 heteroatoms. The van der Waals surface area contributed by atoms with Crippen LogP contribution in [-0.2, 0) is 18.9 Å². The first-order chi connectivity index (χ1) is 19.8. The molecule has 242 valence electrons. The number of rotatable bonds is 22. The summed E-state index contributed by atoms with van der Waals surface area (Å²) >= 11 is 0. The maximum absolute atomic E-state index is 10.4. The third-order valence-electron chi connectivity index (χ3n) is 7.97. The van der Waals surface area contributed by atoms with Crippen LogP contribution in [-0.4, -0.2) is 117 Å². The number of hydrogen-bond acceptors (Lipinski definition) is 11. The predicted molar refractivity (Wildman–Crippen MR) is 152 cm³/mol. The molecule has 0 saturated carbocycles. The molecule has 0 aromatic carbocycles. The Morgan fingerprint density at radius 1 is 0.683 bits per heavy atom. The van der Waals surface area contributed by atoms with Crippen molar-refractivity contribution >= 4 is 0 Å². The minimum Gasteiger partial charge on any atom is -0.394 e. The minimum atomic E-state index is -2.20. The zero-order valence-electron chi connectivity index (χ0n) is 24.8. The number of hydrogen-bond donors (Lipinski definition) is 7. The highest BCUT2D eigenvalue weighted by Gasteiger charge is 2.58. The second-order valence-corrected chi connectivity index (χ2v) is 11.4. The second kappa shape index (κ2) is 20.3. The number of ether oxygens (including phenoxy) is 4. The van der Waals surface area contributed by atoms with E-state index in [4.69, 9.17) is 18.9 Å².